The van der Waals surface area contributed by atoms with Gasteiger partial charge >= 0.3 is 6.03 Å². The van der Waals surface area contributed by atoms with Gasteiger partial charge < -0.3 is 10.2 Å². The van der Waals surface area contributed by atoms with E-state index in [-0.39, 0.29) is 17.9 Å². The van der Waals surface area contributed by atoms with Crippen LogP contribution in [0.2, 0.25) is 0 Å². The molecule has 1 aromatic heterocycles. The molecule has 4 nitrogen and oxygen atoms in total. The molecule has 1 fully saturated rings. The first-order valence-electron chi connectivity index (χ1n) is 8.43. The molecular weight excluding hydrogens is 305 g/mol. The molecule has 3 rings (SSSR count). The van der Waals surface area contributed by atoms with Crippen LogP contribution in [0.25, 0.3) is 0 Å². The maximum Gasteiger partial charge on any atom is 0.317 e. The van der Waals surface area contributed by atoms with Gasteiger partial charge in [0.1, 0.15) is 5.82 Å². The van der Waals surface area contributed by atoms with Crippen LogP contribution in [0, 0.1) is 5.82 Å². The van der Waals surface area contributed by atoms with Crippen molar-refractivity contribution in [1.82, 2.24) is 15.2 Å². The van der Waals surface area contributed by atoms with Gasteiger partial charge in [0, 0.05) is 25.5 Å². The van der Waals surface area contributed by atoms with Crippen LogP contribution >= 0.6 is 0 Å². The van der Waals surface area contributed by atoms with E-state index < -0.39 is 0 Å². The summed E-state index contributed by atoms with van der Waals surface area (Å²) in [4.78, 5) is 18.6. The Hall–Kier alpha value is -2.43. The standard InChI is InChI=1S/C19H22FN3O/c20-17-8-6-15(7-9-17)10-12-22-19(24)23-13-2-1-5-18(23)16-4-3-11-21-14-16/h3-4,6-9,11,14,18H,1-2,5,10,12-13H2,(H,22,24)/t18-/m0/s1. The van der Waals surface area contributed by atoms with Crippen molar-refractivity contribution in [2.24, 2.45) is 0 Å². The lowest BCUT2D eigenvalue weighted by Gasteiger charge is -2.35. The molecule has 24 heavy (non-hydrogen) atoms. The van der Waals surface area contributed by atoms with E-state index in [9.17, 15) is 9.18 Å². The van der Waals surface area contributed by atoms with Gasteiger partial charge in [0.05, 0.1) is 6.04 Å². The Morgan fingerprint density at radius 1 is 1.25 bits per heavy atom. The summed E-state index contributed by atoms with van der Waals surface area (Å²) in [6.45, 7) is 1.31. The number of hydrogen-bond donors (Lipinski definition) is 1. The molecule has 1 saturated heterocycles. The van der Waals surface area contributed by atoms with Crippen LogP contribution in [0.4, 0.5) is 9.18 Å². The van der Waals surface area contributed by atoms with Crippen LogP contribution in [0.15, 0.2) is 48.8 Å². The Balaban J connectivity index is 1.57. The molecule has 0 aliphatic carbocycles. The number of carbonyl (C=O) groups excluding carboxylic acids is 1. The summed E-state index contributed by atoms with van der Waals surface area (Å²) in [5, 5.41) is 2.99. The number of amides is 2. The maximum absolute atomic E-state index is 12.9. The molecule has 5 heteroatoms. The number of aromatic nitrogens is 1. The van der Waals surface area contributed by atoms with Crippen LogP contribution in [0.3, 0.4) is 0 Å². The van der Waals surface area contributed by atoms with Crippen LogP contribution in [0.5, 0.6) is 0 Å². The lowest BCUT2D eigenvalue weighted by Crippen LogP contribution is -2.45. The average Bonchev–Trinajstić information content (AvgIpc) is 2.64. The van der Waals surface area contributed by atoms with Crippen molar-refractivity contribution in [3.63, 3.8) is 0 Å². The predicted octanol–water partition coefficient (Wildman–Crippen LogP) is 3.70. The number of hydrogen-bond acceptors (Lipinski definition) is 2. The SMILES string of the molecule is O=C(NCCc1ccc(F)cc1)N1CCCC[C@H]1c1cccnc1. The second-order valence-electron chi connectivity index (χ2n) is 6.10. The number of nitrogens with one attached hydrogen (secondary N) is 1. The third-order valence-electron chi connectivity index (χ3n) is 4.44. The second-order valence-corrected chi connectivity index (χ2v) is 6.10. The van der Waals surface area contributed by atoms with Gasteiger partial charge in [0.25, 0.3) is 0 Å². The summed E-state index contributed by atoms with van der Waals surface area (Å²) >= 11 is 0. The number of nitrogens with zero attached hydrogens (tertiary/aromatic N) is 2. The first kappa shape index (κ1) is 16.4. The van der Waals surface area contributed by atoms with Crippen molar-refractivity contribution in [3.05, 3.63) is 65.7 Å². The molecule has 1 N–H and O–H groups in total. The third kappa shape index (κ3) is 4.10. The molecule has 0 unspecified atom stereocenters. The molecule has 0 saturated carbocycles. The maximum atomic E-state index is 12.9. The van der Waals surface area contributed by atoms with E-state index in [0.717, 1.165) is 36.9 Å². The molecule has 1 aliphatic heterocycles. The highest BCUT2D eigenvalue weighted by molar-refractivity contribution is 5.74. The smallest absolute Gasteiger partial charge is 0.317 e. The minimum absolute atomic E-state index is 0.0364. The van der Waals surface area contributed by atoms with E-state index in [1.54, 1.807) is 18.3 Å². The lowest BCUT2D eigenvalue weighted by atomic mass is 9.97. The highest BCUT2D eigenvalue weighted by Gasteiger charge is 2.27. The Bertz CT molecular complexity index is 660. The van der Waals surface area contributed by atoms with Crippen molar-refractivity contribution in [2.45, 2.75) is 31.7 Å². The second kappa shape index (κ2) is 7.90. The van der Waals surface area contributed by atoms with Crippen molar-refractivity contribution in [2.75, 3.05) is 13.1 Å². The first-order valence-corrected chi connectivity index (χ1v) is 8.43. The van der Waals surface area contributed by atoms with Crippen LogP contribution in [-0.2, 0) is 6.42 Å². The van der Waals surface area contributed by atoms with Crippen molar-refractivity contribution in [3.8, 4) is 0 Å². The minimum atomic E-state index is -0.240. The summed E-state index contributed by atoms with van der Waals surface area (Å²) < 4.78 is 12.9. The predicted molar refractivity (Wildman–Crippen MR) is 91.0 cm³/mol. The molecule has 126 valence electrons. The molecular formula is C19H22FN3O. The molecule has 1 aliphatic rings. The molecule has 0 spiro atoms. The van der Waals surface area contributed by atoms with Gasteiger partial charge in [-0.2, -0.15) is 0 Å². The summed E-state index contributed by atoms with van der Waals surface area (Å²) in [5.74, 6) is -0.240. The lowest BCUT2D eigenvalue weighted by molar-refractivity contribution is 0.151. The quantitative estimate of drug-likeness (QED) is 0.930. The van der Waals surface area contributed by atoms with E-state index in [4.69, 9.17) is 0 Å². The highest BCUT2D eigenvalue weighted by Crippen LogP contribution is 2.30. The first-order chi connectivity index (χ1) is 11.7. The van der Waals surface area contributed by atoms with Crippen LogP contribution in [-0.4, -0.2) is 29.0 Å². The highest BCUT2D eigenvalue weighted by atomic mass is 19.1. The number of carbonyl (C=O) groups is 1. The summed E-state index contributed by atoms with van der Waals surface area (Å²) in [7, 11) is 0. The monoisotopic (exact) mass is 327 g/mol. The molecule has 1 aromatic carbocycles. The van der Waals surface area contributed by atoms with Crippen molar-refractivity contribution in [1.29, 1.82) is 0 Å². The van der Waals surface area contributed by atoms with Gasteiger partial charge in [-0.15, -0.1) is 0 Å². The number of piperidine rings is 1. The fourth-order valence-corrected chi connectivity index (χ4v) is 3.16. The molecule has 0 radical (unpaired) electrons. The molecule has 2 heterocycles. The molecule has 0 bridgehead atoms. The van der Waals surface area contributed by atoms with E-state index >= 15 is 0 Å². The van der Waals surface area contributed by atoms with E-state index in [0.29, 0.717) is 13.0 Å². The largest absolute Gasteiger partial charge is 0.338 e. The van der Waals surface area contributed by atoms with E-state index in [1.807, 2.05) is 23.2 Å². The molecule has 1 atom stereocenters. The van der Waals surface area contributed by atoms with Gasteiger partial charge in [-0.3, -0.25) is 4.98 Å². The summed E-state index contributed by atoms with van der Waals surface area (Å²) in [6, 6.07) is 10.4. The molecule has 2 amide bonds. The fourth-order valence-electron chi connectivity index (χ4n) is 3.16. The third-order valence-corrected chi connectivity index (χ3v) is 4.44. The molecule has 2 aromatic rings. The minimum Gasteiger partial charge on any atom is -0.338 e. The zero-order valence-electron chi connectivity index (χ0n) is 13.6. The Morgan fingerprint density at radius 2 is 2.08 bits per heavy atom. The van der Waals surface area contributed by atoms with Crippen LogP contribution in [0.1, 0.15) is 36.4 Å². The van der Waals surface area contributed by atoms with Gasteiger partial charge in [-0.05, 0) is 55.0 Å². The zero-order valence-corrected chi connectivity index (χ0v) is 13.6. The Labute approximate surface area is 141 Å². The van der Waals surface area contributed by atoms with Gasteiger partial charge in [0.15, 0.2) is 0 Å². The Morgan fingerprint density at radius 3 is 2.83 bits per heavy atom. The van der Waals surface area contributed by atoms with Crippen molar-refractivity contribution < 1.29 is 9.18 Å². The van der Waals surface area contributed by atoms with Crippen molar-refractivity contribution >= 4 is 6.03 Å². The normalized spacial score (nSPS) is 17.5. The van der Waals surface area contributed by atoms with E-state index in [2.05, 4.69) is 10.3 Å². The van der Waals surface area contributed by atoms with Gasteiger partial charge in [-0.1, -0.05) is 18.2 Å². The van der Waals surface area contributed by atoms with Gasteiger partial charge in [-0.25, -0.2) is 9.18 Å². The van der Waals surface area contributed by atoms with E-state index in [1.165, 1.54) is 12.1 Å². The number of urea groups is 1. The number of likely N-dealkylation sites (tertiary alicyclic amines) is 1. The number of pyridine rings is 1. The van der Waals surface area contributed by atoms with Gasteiger partial charge in [0.2, 0.25) is 0 Å². The topological polar surface area (TPSA) is 45.2 Å². The number of halogens is 1. The Kier molecular flexibility index (Phi) is 5.41. The summed E-state index contributed by atoms with van der Waals surface area (Å²) in [5.41, 5.74) is 2.10. The van der Waals surface area contributed by atoms with Crippen LogP contribution < -0.4 is 5.32 Å². The average molecular weight is 327 g/mol. The summed E-state index contributed by atoms with van der Waals surface area (Å²) in [6.07, 6.45) is 7.41. The number of benzene rings is 1. The number of rotatable bonds is 4. The zero-order chi connectivity index (χ0) is 16.8. The fraction of sp³-hybridized carbons (Fsp3) is 0.368.